The van der Waals surface area contributed by atoms with E-state index in [1.165, 1.54) is 25.7 Å². The molecule has 25 heavy (non-hydrogen) atoms. The third-order valence-corrected chi connectivity index (χ3v) is 5.56. The molecule has 1 aromatic heterocycles. The van der Waals surface area contributed by atoms with E-state index >= 15 is 0 Å². The number of amides is 2. The molecule has 2 heterocycles. The van der Waals surface area contributed by atoms with Gasteiger partial charge >= 0.3 is 0 Å². The summed E-state index contributed by atoms with van der Waals surface area (Å²) >= 11 is 0. The van der Waals surface area contributed by atoms with Gasteiger partial charge in [0.2, 0.25) is 5.91 Å². The number of carbonyl (C=O) groups excluding carboxylic acids is 2. The molecule has 4 rings (SSSR count). The van der Waals surface area contributed by atoms with Crippen LogP contribution in [-0.2, 0) is 4.79 Å². The Hall–Kier alpha value is -2.30. The Balaban J connectivity index is 1.33. The van der Waals surface area contributed by atoms with Crippen molar-refractivity contribution in [2.24, 2.45) is 5.92 Å². The fraction of sp³-hybridized carbons (Fsp3) is 0.500. The van der Waals surface area contributed by atoms with Gasteiger partial charge in [0.1, 0.15) is 0 Å². The largest absolute Gasteiger partial charge is 0.360 e. The van der Waals surface area contributed by atoms with Crippen molar-refractivity contribution in [3.63, 3.8) is 0 Å². The van der Waals surface area contributed by atoms with Gasteiger partial charge in [-0.25, -0.2) is 0 Å². The van der Waals surface area contributed by atoms with Crippen LogP contribution in [0.4, 0.5) is 0 Å². The molecule has 1 aromatic carbocycles. The predicted molar refractivity (Wildman–Crippen MR) is 97.3 cm³/mol. The number of aromatic nitrogens is 1. The zero-order valence-electron chi connectivity index (χ0n) is 14.5. The van der Waals surface area contributed by atoms with Crippen LogP contribution in [0.15, 0.2) is 30.5 Å². The number of H-pyrrole nitrogens is 1. The Labute approximate surface area is 147 Å². The first-order valence-corrected chi connectivity index (χ1v) is 9.38. The molecule has 1 aliphatic heterocycles. The van der Waals surface area contributed by atoms with E-state index in [1.807, 2.05) is 24.3 Å². The van der Waals surface area contributed by atoms with E-state index in [0.717, 1.165) is 23.7 Å². The second kappa shape index (κ2) is 6.90. The summed E-state index contributed by atoms with van der Waals surface area (Å²) in [5, 5.41) is 4.14. The van der Waals surface area contributed by atoms with Crippen LogP contribution in [0.1, 0.15) is 48.9 Å². The Morgan fingerprint density at radius 2 is 1.76 bits per heavy atom. The average Bonchev–Trinajstić information content (AvgIpc) is 2.84. The second-order valence-corrected chi connectivity index (χ2v) is 7.35. The van der Waals surface area contributed by atoms with Crippen molar-refractivity contribution in [3.8, 4) is 0 Å². The van der Waals surface area contributed by atoms with Crippen LogP contribution < -0.4 is 5.32 Å². The van der Waals surface area contributed by atoms with Crippen LogP contribution in [0.5, 0.6) is 0 Å². The SMILES string of the molecule is O=C(NC1CCCCCC1)C1CN(C(=O)c2c[nH]c3ccccc23)C1. The molecular weight excluding hydrogens is 314 g/mol. The number of benzene rings is 1. The second-order valence-electron chi connectivity index (χ2n) is 7.35. The lowest BCUT2D eigenvalue weighted by molar-refractivity contribution is -0.129. The van der Waals surface area contributed by atoms with Gasteiger partial charge in [-0.2, -0.15) is 0 Å². The molecule has 2 aliphatic rings. The van der Waals surface area contributed by atoms with Crippen molar-refractivity contribution in [2.45, 2.75) is 44.6 Å². The fourth-order valence-corrected chi connectivity index (χ4v) is 3.97. The Morgan fingerprint density at radius 1 is 1.04 bits per heavy atom. The molecule has 132 valence electrons. The van der Waals surface area contributed by atoms with Gasteiger partial charge in [-0.3, -0.25) is 9.59 Å². The van der Waals surface area contributed by atoms with Gasteiger partial charge in [-0.05, 0) is 18.9 Å². The predicted octanol–water partition coefficient (Wildman–Crippen LogP) is 3.08. The molecule has 5 nitrogen and oxygen atoms in total. The summed E-state index contributed by atoms with van der Waals surface area (Å²) in [5.74, 6) is 0.0725. The van der Waals surface area contributed by atoms with Crippen molar-refractivity contribution >= 4 is 22.7 Å². The zero-order chi connectivity index (χ0) is 17.2. The lowest BCUT2D eigenvalue weighted by atomic mass is 9.96. The van der Waals surface area contributed by atoms with E-state index in [0.29, 0.717) is 24.7 Å². The standard InChI is InChI=1S/C20H25N3O2/c24-19(22-15-7-3-1-2-4-8-15)14-12-23(13-14)20(25)17-11-21-18-10-6-5-9-16(17)18/h5-6,9-11,14-15,21H,1-4,7-8,12-13H2,(H,22,24). The zero-order valence-corrected chi connectivity index (χ0v) is 14.5. The van der Waals surface area contributed by atoms with Gasteiger partial charge in [-0.1, -0.05) is 43.9 Å². The monoisotopic (exact) mass is 339 g/mol. The lowest BCUT2D eigenvalue weighted by Gasteiger charge is -2.38. The molecule has 2 N–H and O–H groups in total. The van der Waals surface area contributed by atoms with Gasteiger partial charge in [0.15, 0.2) is 0 Å². The smallest absolute Gasteiger partial charge is 0.256 e. The minimum atomic E-state index is -0.0580. The summed E-state index contributed by atoms with van der Waals surface area (Å²) in [7, 11) is 0. The Morgan fingerprint density at radius 3 is 2.52 bits per heavy atom. The highest BCUT2D eigenvalue weighted by Gasteiger charge is 2.37. The summed E-state index contributed by atoms with van der Waals surface area (Å²) in [5.41, 5.74) is 1.66. The first-order chi connectivity index (χ1) is 12.2. The quantitative estimate of drug-likeness (QED) is 0.844. The summed E-state index contributed by atoms with van der Waals surface area (Å²) in [6, 6.07) is 8.13. The van der Waals surface area contributed by atoms with Crippen molar-refractivity contribution in [1.29, 1.82) is 0 Å². The molecule has 0 bridgehead atoms. The average molecular weight is 339 g/mol. The number of hydrogen-bond acceptors (Lipinski definition) is 2. The number of rotatable bonds is 3. The first-order valence-electron chi connectivity index (χ1n) is 9.38. The number of fused-ring (bicyclic) bond motifs is 1. The van der Waals surface area contributed by atoms with E-state index in [1.54, 1.807) is 11.1 Å². The Bertz CT molecular complexity index is 768. The maximum atomic E-state index is 12.7. The highest BCUT2D eigenvalue weighted by molar-refractivity contribution is 6.07. The minimum absolute atomic E-state index is 0.0102. The number of nitrogens with one attached hydrogen (secondary N) is 2. The summed E-state index contributed by atoms with van der Waals surface area (Å²) in [4.78, 5) is 30.0. The van der Waals surface area contributed by atoms with Gasteiger partial charge < -0.3 is 15.2 Å². The third-order valence-electron chi connectivity index (χ3n) is 5.56. The number of nitrogens with zero attached hydrogens (tertiary/aromatic N) is 1. The number of aromatic amines is 1. The number of para-hydroxylation sites is 1. The molecule has 1 saturated heterocycles. The molecule has 1 saturated carbocycles. The summed E-state index contributed by atoms with van der Waals surface area (Å²) in [6.07, 6.45) is 8.94. The van der Waals surface area contributed by atoms with Crippen molar-refractivity contribution in [1.82, 2.24) is 15.2 Å². The van der Waals surface area contributed by atoms with Crippen LogP contribution in [-0.4, -0.2) is 40.8 Å². The van der Waals surface area contributed by atoms with Crippen molar-refractivity contribution in [2.75, 3.05) is 13.1 Å². The molecule has 1 aliphatic carbocycles. The topological polar surface area (TPSA) is 65.2 Å². The molecule has 2 fully saturated rings. The summed E-state index contributed by atoms with van der Waals surface area (Å²) in [6.45, 7) is 1.05. The van der Waals surface area contributed by atoms with E-state index < -0.39 is 0 Å². The van der Waals surface area contributed by atoms with Gasteiger partial charge in [0.05, 0.1) is 11.5 Å². The highest BCUT2D eigenvalue weighted by atomic mass is 16.2. The van der Waals surface area contributed by atoms with E-state index in [9.17, 15) is 9.59 Å². The number of likely N-dealkylation sites (tertiary alicyclic amines) is 1. The third kappa shape index (κ3) is 3.28. The number of hydrogen-bond donors (Lipinski definition) is 2. The molecule has 0 atom stereocenters. The number of carbonyl (C=O) groups is 2. The van der Waals surface area contributed by atoms with E-state index in [4.69, 9.17) is 0 Å². The molecule has 0 unspecified atom stereocenters. The van der Waals surface area contributed by atoms with E-state index in [-0.39, 0.29) is 17.7 Å². The molecule has 0 spiro atoms. The molecule has 0 radical (unpaired) electrons. The minimum Gasteiger partial charge on any atom is -0.360 e. The van der Waals surface area contributed by atoms with Crippen LogP contribution in [0, 0.1) is 5.92 Å². The maximum Gasteiger partial charge on any atom is 0.256 e. The molecule has 5 heteroatoms. The maximum absolute atomic E-state index is 12.7. The highest BCUT2D eigenvalue weighted by Crippen LogP contribution is 2.25. The fourth-order valence-electron chi connectivity index (χ4n) is 3.97. The van der Waals surface area contributed by atoms with Crippen LogP contribution in [0.3, 0.4) is 0 Å². The van der Waals surface area contributed by atoms with Gasteiger partial charge in [-0.15, -0.1) is 0 Å². The van der Waals surface area contributed by atoms with Crippen molar-refractivity contribution in [3.05, 3.63) is 36.0 Å². The molecule has 2 amide bonds. The van der Waals surface area contributed by atoms with Crippen LogP contribution in [0.2, 0.25) is 0 Å². The van der Waals surface area contributed by atoms with Gasteiger partial charge in [0, 0.05) is 36.2 Å². The van der Waals surface area contributed by atoms with Gasteiger partial charge in [0.25, 0.3) is 5.91 Å². The normalized spacial score (nSPS) is 19.4. The molecule has 2 aromatic rings. The first kappa shape index (κ1) is 16.2. The van der Waals surface area contributed by atoms with Crippen LogP contribution in [0.25, 0.3) is 10.9 Å². The lowest BCUT2D eigenvalue weighted by Crippen LogP contribution is -2.56. The molecular formula is C20H25N3O2. The summed E-state index contributed by atoms with van der Waals surface area (Å²) < 4.78 is 0. The van der Waals surface area contributed by atoms with E-state index in [2.05, 4.69) is 10.3 Å². The Kier molecular flexibility index (Phi) is 4.47. The van der Waals surface area contributed by atoms with Crippen LogP contribution >= 0.6 is 0 Å². The van der Waals surface area contributed by atoms with Crippen molar-refractivity contribution < 1.29 is 9.59 Å².